The van der Waals surface area contributed by atoms with Gasteiger partial charge >= 0.3 is 18.3 Å². The van der Waals surface area contributed by atoms with Gasteiger partial charge < -0.3 is 19.9 Å². The number of cyclic esters (lactones) is 1. The number of benzene rings is 1. The van der Waals surface area contributed by atoms with Crippen LogP contribution in [0.15, 0.2) is 23.2 Å². The summed E-state index contributed by atoms with van der Waals surface area (Å²) < 4.78 is 44.4. The van der Waals surface area contributed by atoms with Crippen LogP contribution >= 0.6 is 0 Å². The molecule has 3 saturated heterocycles. The number of ether oxygens (including phenoxy) is 1. The van der Waals surface area contributed by atoms with Crippen molar-refractivity contribution in [3.05, 3.63) is 34.9 Å². The quantitative estimate of drug-likeness (QED) is 0.735. The molecular formula is C21H25F3N4O3. The van der Waals surface area contributed by atoms with Gasteiger partial charge in [0, 0.05) is 13.1 Å². The van der Waals surface area contributed by atoms with Gasteiger partial charge in [0.05, 0.1) is 25.2 Å². The van der Waals surface area contributed by atoms with Crippen molar-refractivity contribution in [2.75, 3.05) is 32.8 Å². The fraction of sp³-hybridized carbons (Fsp3) is 0.571. The average Bonchev–Trinajstić information content (AvgIpc) is 3.09. The zero-order valence-corrected chi connectivity index (χ0v) is 17.1. The van der Waals surface area contributed by atoms with Crippen LogP contribution in [0, 0.1) is 5.92 Å². The van der Waals surface area contributed by atoms with Crippen LogP contribution in [0.4, 0.5) is 22.8 Å². The molecule has 168 valence electrons. The van der Waals surface area contributed by atoms with E-state index in [0.29, 0.717) is 38.5 Å². The predicted octanol–water partition coefficient (Wildman–Crippen LogP) is 3.07. The lowest BCUT2D eigenvalue weighted by Crippen LogP contribution is -2.71. The van der Waals surface area contributed by atoms with Crippen molar-refractivity contribution in [1.29, 1.82) is 0 Å². The highest BCUT2D eigenvalue weighted by atomic mass is 19.4. The number of urea groups is 1. The van der Waals surface area contributed by atoms with Gasteiger partial charge in [-0.1, -0.05) is 12.1 Å². The van der Waals surface area contributed by atoms with E-state index in [0.717, 1.165) is 24.5 Å². The Morgan fingerprint density at radius 2 is 1.97 bits per heavy atom. The Balaban J connectivity index is 1.29. The number of nitrogens with zero attached hydrogens (tertiary/aromatic N) is 3. The fourth-order valence-corrected chi connectivity index (χ4v) is 4.65. The molecule has 0 saturated carbocycles. The number of alkyl carbamates (subject to hydrolysis) is 1. The molecule has 0 atom stereocenters. The van der Waals surface area contributed by atoms with E-state index in [1.807, 2.05) is 0 Å². The SMILES string of the molecule is C=NCc1cc(CC2CCN(C(=O)N3CC4(COC(=O)N4)C3)CC2)ccc1C(F)(F)F. The highest BCUT2D eigenvalue weighted by molar-refractivity contribution is 5.78. The molecule has 0 radical (unpaired) electrons. The van der Waals surface area contributed by atoms with Crippen LogP contribution in [0.25, 0.3) is 0 Å². The molecule has 3 heterocycles. The van der Waals surface area contributed by atoms with Gasteiger partial charge in [-0.3, -0.25) is 4.99 Å². The fourth-order valence-electron chi connectivity index (χ4n) is 4.65. The van der Waals surface area contributed by atoms with Crippen LogP contribution in [-0.4, -0.2) is 67.0 Å². The summed E-state index contributed by atoms with van der Waals surface area (Å²) >= 11 is 0. The minimum Gasteiger partial charge on any atom is -0.447 e. The maximum Gasteiger partial charge on any atom is 0.416 e. The number of nitrogens with one attached hydrogen (secondary N) is 1. The van der Waals surface area contributed by atoms with Crippen molar-refractivity contribution in [1.82, 2.24) is 15.1 Å². The van der Waals surface area contributed by atoms with E-state index >= 15 is 0 Å². The van der Waals surface area contributed by atoms with Gasteiger partial charge in [-0.2, -0.15) is 13.2 Å². The van der Waals surface area contributed by atoms with E-state index in [-0.39, 0.29) is 24.7 Å². The molecule has 0 aromatic heterocycles. The van der Waals surface area contributed by atoms with Crippen LogP contribution in [0.5, 0.6) is 0 Å². The average molecular weight is 438 g/mol. The topological polar surface area (TPSA) is 74.2 Å². The molecule has 1 spiro atoms. The highest BCUT2D eigenvalue weighted by Gasteiger charge is 2.52. The number of likely N-dealkylation sites (tertiary alicyclic amines) is 2. The molecule has 0 bridgehead atoms. The van der Waals surface area contributed by atoms with E-state index < -0.39 is 23.4 Å². The summed E-state index contributed by atoms with van der Waals surface area (Å²) in [5, 5.41) is 2.76. The number of carbonyl (C=O) groups is 2. The second-order valence-electron chi connectivity index (χ2n) is 8.63. The van der Waals surface area contributed by atoms with E-state index in [4.69, 9.17) is 4.74 Å². The molecular weight excluding hydrogens is 413 g/mol. The Bertz CT molecular complexity index is 875. The number of amides is 3. The van der Waals surface area contributed by atoms with Crippen LogP contribution < -0.4 is 5.32 Å². The molecule has 1 N–H and O–H groups in total. The second-order valence-corrected chi connectivity index (χ2v) is 8.63. The maximum atomic E-state index is 13.2. The summed E-state index contributed by atoms with van der Waals surface area (Å²) in [6, 6.07) is 4.19. The predicted molar refractivity (Wildman–Crippen MR) is 107 cm³/mol. The third-order valence-corrected chi connectivity index (χ3v) is 6.27. The normalized spacial score (nSPS) is 20.9. The third-order valence-electron chi connectivity index (χ3n) is 6.27. The number of hydrogen-bond acceptors (Lipinski definition) is 4. The minimum absolute atomic E-state index is 0.0425. The smallest absolute Gasteiger partial charge is 0.416 e. The van der Waals surface area contributed by atoms with Crippen molar-refractivity contribution in [3.8, 4) is 0 Å². The van der Waals surface area contributed by atoms with Crippen molar-refractivity contribution < 1.29 is 27.5 Å². The third kappa shape index (κ3) is 4.47. The first-order chi connectivity index (χ1) is 14.7. The van der Waals surface area contributed by atoms with Crippen LogP contribution in [0.2, 0.25) is 0 Å². The summed E-state index contributed by atoms with van der Waals surface area (Å²) in [7, 11) is 0. The van der Waals surface area contributed by atoms with Gasteiger partial charge in [-0.25, -0.2) is 9.59 Å². The molecule has 3 fully saturated rings. The van der Waals surface area contributed by atoms with Crippen molar-refractivity contribution >= 4 is 18.8 Å². The molecule has 31 heavy (non-hydrogen) atoms. The van der Waals surface area contributed by atoms with Crippen LogP contribution in [0.3, 0.4) is 0 Å². The number of aliphatic imine (C=N–C) groups is 1. The first-order valence-corrected chi connectivity index (χ1v) is 10.3. The van der Waals surface area contributed by atoms with Gasteiger partial charge in [0.1, 0.15) is 12.1 Å². The molecule has 0 unspecified atom stereocenters. The summed E-state index contributed by atoms with van der Waals surface area (Å²) in [6.07, 6.45) is -2.60. The Morgan fingerprint density at radius 1 is 1.26 bits per heavy atom. The molecule has 10 heteroatoms. The first-order valence-electron chi connectivity index (χ1n) is 10.3. The van der Waals surface area contributed by atoms with Gasteiger partial charge in [0.15, 0.2) is 0 Å². The second kappa shape index (κ2) is 8.05. The molecule has 3 amide bonds. The molecule has 3 aliphatic rings. The van der Waals surface area contributed by atoms with Crippen LogP contribution in [-0.2, 0) is 23.9 Å². The number of alkyl halides is 3. The molecule has 1 aromatic rings. The number of hydrogen-bond donors (Lipinski definition) is 1. The standard InChI is InChI=1S/C21H25F3N4O3/c1-25-10-16-9-15(2-3-17(16)21(22,23)24)8-14-4-6-27(7-5-14)19(30)28-11-20(12-28)13-31-18(29)26-20/h2-3,9,14H,1,4-8,10-13H2,(H,26,29). The van der Waals surface area contributed by atoms with Crippen molar-refractivity contribution in [2.45, 2.75) is 37.5 Å². The van der Waals surface area contributed by atoms with E-state index in [9.17, 15) is 22.8 Å². The number of carbonyl (C=O) groups excluding carboxylic acids is 2. The molecule has 7 nitrogen and oxygen atoms in total. The summed E-state index contributed by atoms with van der Waals surface area (Å²) in [5.41, 5.74) is -0.119. The van der Waals surface area contributed by atoms with Crippen molar-refractivity contribution in [3.63, 3.8) is 0 Å². The highest BCUT2D eigenvalue weighted by Crippen LogP contribution is 2.34. The van der Waals surface area contributed by atoms with E-state index in [1.54, 1.807) is 15.9 Å². The summed E-state index contributed by atoms with van der Waals surface area (Å²) in [5.74, 6) is 0.301. The Labute approximate surface area is 178 Å². The zero-order valence-electron chi connectivity index (χ0n) is 17.1. The molecule has 0 aliphatic carbocycles. The van der Waals surface area contributed by atoms with E-state index in [2.05, 4.69) is 17.0 Å². The number of rotatable bonds is 4. The van der Waals surface area contributed by atoms with Gasteiger partial charge in [-0.05, 0) is 49.1 Å². The molecule has 3 aliphatic heterocycles. The van der Waals surface area contributed by atoms with Crippen LogP contribution in [0.1, 0.15) is 29.5 Å². The van der Waals surface area contributed by atoms with Gasteiger partial charge in [-0.15, -0.1) is 0 Å². The Morgan fingerprint density at radius 3 is 2.55 bits per heavy atom. The number of halogens is 3. The lowest BCUT2D eigenvalue weighted by atomic mass is 9.88. The monoisotopic (exact) mass is 438 g/mol. The largest absolute Gasteiger partial charge is 0.447 e. The zero-order chi connectivity index (χ0) is 22.2. The van der Waals surface area contributed by atoms with E-state index in [1.165, 1.54) is 6.07 Å². The Kier molecular flexibility index (Phi) is 5.57. The van der Waals surface area contributed by atoms with Crippen molar-refractivity contribution in [2.24, 2.45) is 10.9 Å². The van der Waals surface area contributed by atoms with Gasteiger partial charge in [0.25, 0.3) is 0 Å². The maximum absolute atomic E-state index is 13.2. The molecule has 1 aromatic carbocycles. The first kappa shape index (κ1) is 21.5. The Hall–Kier alpha value is -2.78. The lowest BCUT2D eigenvalue weighted by molar-refractivity contribution is -0.138. The lowest BCUT2D eigenvalue weighted by Gasteiger charge is -2.48. The minimum atomic E-state index is -4.41. The summed E-state index contributed by atoms with van der Waals surface area (Å²) in [4.78, 5) is 31.1. The number of piperidine rings is 1. The summed E-state index contributed by atoms with van der Waals surface area (Å²) in [6.45, 7) is 5.64. The molecule has 4 rings (SSSR count). The van der Waals surface area contributed by atoms with Gasteiger partial charge in [0.2, 0.25) is 0 Å².